The van der Waals surface area contributed by atoms with Crippen molar-refractivity contribution in [1.82, 2.24) is 10.6 Å². The second-order valence-corrected chi connectivity index (χ2v) is 5.45. The molecule has 0 spiro atoms. The van der Waals surface area contributed by atoms with E-state index >= 15 is 0 Å². The molecule has 0 atom stereocenters. The lowest BCUT2D eigenvalue weighted by Gasteiger charge is -2.09. The van der Waals surface area contributed by atoms with Gasteiger partial charge in [-0.05, 0) is 26.7 Å². The molecule has 2 N–H and O–H groups in total. The third kappa shape index (κ3) is 15.4. The maximum absolute atomic E-state index is 11.5. The molecule has 5 heteroatoms. The molecule has 120 valence electrons. The van der Waals surface area contributed by atoms with E-state index in [4.69, 9.17) is 9.47 Å². The normalized spacial score (nSPS) is 11.3. The fraction of sp³-hybridized carbons (Fsp3) is 0.933. The predicted molar refractivity (Wildman–Crippen MR) is 81.9 cm³/mol. The Bertz CT molecular complexity index is 233. The van der Waals surface area contributed by atoms with Crippen molar-refractivity contribution in [2.24, 2.45) is 0 Å². The van der Waals surface area contributed by atoms with Crippen LogP contribution in [0.3, 0.4) is 0 Å². The number of ether oxygens (including phenoxy) is 2. The minimum absolute atomic E-state index is 0.0543. The lowest BCUT2D eigenvalue weighted by atomic mass is 10.3. The van der Waals surface area contributed by atoms with Gasteiger partial charge < -0.3 is 20.1 Å². The molecule has 0 bridgehead atoms. The number of hydrogen-bond acceptors (Lipinski definition) is 4. The molecular formula is C15H32N2O3. The number of hydrogen-bond donors (Lipinski definition) is 2. The van der Waals surface area contributed by atoms with Gasteiger partial charge in [-0.25, -0.2) is 0 Å². The van der Waals surface area contributed by atoms with Crippen LogP contribution in [0.15, 0.2) is 0 Å². The van der Waals surface area contributed by atoms with Gasteiger partial charge in [-0.15, -0.1) is 0 Å². The first-order chi connectivity index (χ1) is 9.52. The molecule has 0 aliphatic heterocycles. The monoisotopic (exact) mass is 288 g/mol. The van der Waals surface area contributed by atoms with Crippen molar-refractivity contribution in [1.29, 1.82) is 0 Å². The second-order valence-electron chi connectivity index (χ2n) is 5.45. The summed E-state index contributed by atoms with van der Waals surface area (Å²) >= 11 is 0. The van der Waals surface area contributed by atoms with E-state index in [9.17, 15) is 4.79 Å². The van der Waals surface area contributed by atoms with E-state index in [1.54, 1.807) is 0 Å². The Morgan fingerprint density at radius 2 is 1.70 bits per heavy atom. The Kier molecular flexibility index (Phi) is 12.9. The Morgan fingerprint density at radius 1 is 1.00 bits per heavy atom. The number of rotatable bonds is 13. The van der Waals surface area contributed by atoms with Gasteiger partial charge in [-0.1, -0.05) is 13.8 Å². The molecule has 0 aromatic carbocycles. The molecular weight excluding hydrogens is 256 g/mol. The minimum atomic E-state index is 0.0543. The van der Waals surface area contributed by atoms with E-state index < -0.39 is 0 Å². The van der Waals surface area contributed by atoms with E-state index in [0.29, 0.717) is 38.3 Å². The summed E-state index contributed by atoms with van der Waals surface area (Å²) in [5, 5.41) is 6.11. The van der Waals surface area contributed by atoms with Crippen LogP contribution in [0.2, 0.25) is 0 Å². The second kappa shape index (κ2) is 13.3. The van der Waals surface area contributed by atoms with Crippen molar-refractivity contribution in [3.05, 3.63) is 0 Å². The van der Waals surface area contributed by atoms with E-state index in [-0.39, 0.29) is 5.91 Å². The molecule has 0 rings (SSSR count). The summed E-state index contributed by atoms with van der Waals surface area (Å²) in [6.07, 6.45) is 2.71. The third-order valence-electron chi connectivity index (χ3n) is 2.61. The van der Waals surface area contributed by atoms with Crippen LogP contribution in [0.1, 0.15) is 47.0 Å². The number of amides is 1. The van der Waals surface area contributed by atoms with Crippen molar-refractivity contribution < 1.29 is 14.3 Å². The third-order valence-corrected chi connectivity index (χ3v) is 2.61. The Balaban J connectivity index is 3.19. The summed E-state index contributed by atoms with van der Waals surface area (Å²) < 4.78 is 10.9. The maximum Gasteiger partial charge on any atom is 0.222 e. The number of carbonyl (C=O) groups is 1. The highest BCUT2D eigenvalue weighted by Crippen LogP contribution is 1.95. The van der Waals surface area contributed by atoms with E-state index in [0.717, 1.165) is 26.0 Å². The topological polar surface area (TPSA) is 59.6 Å². The lowest BCUT2D eigenvalue weighted by molar-refractivity contribution is -0.122. The van der Waals surface area contributed by atoms with Gasteiger partial charge in [-0.3, -0.25) is 4.79 Å². The first-order valence-electron chi connectivity index (χ1n) is 7.71. The maximum atomic E-state index is 11.5. The molecule has 0 saturated carbocycles. The van der Waals surface area contributed by atoms with Gasteiger partial charge in [0.15, 0.2) is 0 Å². The zero-order valence-corrected chi connectivity index (χ0v) is 13.5. The lowest BCUT2D eigenvalue weighted by Crippen LogP contribution is -2.34. The van der Waals surface area contributed by atoms with Crippen molar-refractivity contribution in [2.45, 2.75) is 59.1 Å². The van der Waals surface area contributed by atoms with Crippen molar-refractivity contribution >= 4 is 5.91 Å². The van der Waals surface area contributed by atoms with Gasteiger partial charge in [0.05, 0.1) is 12.7 Å². The van der Waals surface area contributed by atoms with Crippen LogP contribution < -0.4 is 10.6 Å². The predicted octanol–water partition coefficient (Wildman–Crippen LogP) is 1.71. The van der Waals surface area contributed by atoms with Crippen LogP contribution in [0.25, 0.3) is 0 Å². The van der Waals surface area contributed by atoms with Gasteiger partial charge in [0, 0.05) is 38.8 Å². The van der Waals surface area contributed by atoms with Crippen molar-refractivity contribution in [3.8, 4) is 0 Å². The molecule has 0 saturated heterocycles. The average Bonchev–Trinajstić information content (AvgIpc) is 2.37. The quantitative estimate of drug-likeness (QED) is 0.507. The molecule has 0 unspecified atom stereocenters. The number of unbranched alkanes of at least 4 members (excludes halogenated alkanes) is 1. The Labute approximate surface area is 123 Å². The molecule has 0 heterocycles. The first kappa shape index (κ1) is 19.4. The highest BCUT2D eigenvalue weighted by atomic mass is 16.5. The van der Waals surface area contributed by atoms with Crippen LogP contribution in [-0.2, 0) is 14.3 Å². The van der Waals surface area contributed by atoms with Gasteiger partial charge in [-0.2, -0.15) is 0 Å². The molecule has 1 amide bonds. The van der Waals surface area contributed by atoms with Gasteiger partial charge in [0.1, 0.15) is 0 Å². The molecule has 0 radical (unpaired) electrons. The molecule has 0 aromatic rings. The Hall–Kier alpha value is -0.650. The zero-order chi connectivity index (χ0) is 15.2. The standard InChI is InChI=1S/C15H32N2O3/c1-13(2)16-8-9-17-15(18)7-12-19-10-5-6-11-20-14(3)4/h13-14,16H,5-12H2,1-4H3,(H,17,18). The molecule has 0 aliphatic rings. The zero-order valence-electron chi connectivity index (χ0n) is 13.5. The van der Waals surface area contributed by atoms with Gasteiger partial charge >= 0.3 is 0 Å². The molecule has 0 aromatic heterocycles. The summed E-state index contributed by atoms with van der Waals surface area (Å²) in [4.78, 5) is 11.5. The average molecular weight is 288 g/mol. The van der Waals surface area contributed by atoms with Crippen LogP contribution in [0, 0.1) is 0 Å². The summed E-state index contributed by atoms with van der Waals surface area (Å²) in [5.41, 5.74) is 0. The van der Waals surface area contributed by atoms with Gasteiger partial charge in [0.25, 0.3) is 0 Å². The summed E-state index contributed by atoms with van der Waals surface area (Å²) in [6, 6.07) is 0.454. The molecule has 20 heavy (non-hydrogen) atoms. The van der Waals surface area contributed by atoms with Crippen molar-refractivity contribution in [2.75, 3.05) is 32.9 Å². The fourth-order valence-corrected chi connectivity index (χ4v) is 1.54. The fourth-order valence-electron chi connectivity index (χ4n) is 1.54. The molecule has 0 fully saturated rings. The number of nitrogens with one attached hydrogen (secondary N) is 2. The summed E-state index contributed by atoms with van der Waals surface area (Å²) in [5.74, 6) is 0.0543. The Morgan fingerprint density at radius 3 is 2.35 bits per heavy atom. The van der Waals surface area contributed by atoms with Crippen LogP contribution in [0.4, 0.5) is 0 Å². The highest BCUT2D eigenvalue weighted by molar-refractivity contribution is 5.75. The van der Waals surface area contributed by atoms with E-state index in [1.807, 2.05) is 13.8 Å². The summed E-state index contributed by atoms with van der Waals surface area (Å²) in [6.45, 7) is 11.7. The largest absolute Gasteiger partial charge is 0.381 e. The van der Waals surface area contributed by atoms with Crippen molar-refractivity contribution in [3.63, 3.8) is 0 Å². The van der Waals surface area contributed by atoms with Crippen LogP contribution >= 0.6 is 0 Å². The van der Waals surface area contributed by atoms with E-state index in [2.05, 4.69) is 24.5 Å². The molecule has 5 nitrogen and oxygen atoms in total. The highest BCUT2D eigenvalue weighted by Gasteiger charge is 2.01. The minimum Gasteiger partial charge on any atom is -0.381 e. The molecule has 0 aliphatic carbocycles. The first-order valence-corrected chi connectivity index (χ1v) is 7.71. The smallest absolute Gasteiger partial charge is 0.222 e. The van der Waals surface area contributed by atoms with Crippen LogP contribution in [0.5, 0.6) is 0 Å². The SMILES string of the molecule is CC(C)NCCNC(=O)CCOCCCCOC(C)C. The number of carbonyl (C=O) groups excluding carboxylic acids is 1. The van der Waals surface area contributed by atoms with Gasteiger partial charge in [0.2, 0.25) is 5.91 Å². The van der Waals surface area contributed by atoms with Crippen LogP contribution in [-0.4, -0.2) is 51.0 Å². The summed E-state index contributed by atoms with van der Waals surface area (Å²) in [7, 11) is 0. The van der Waals surface area contributed by atoms with E-state index in [1.165, 1.54) is 0 Å².